The molecule has 3 aromatic rings. The summed E-state index contributed by atoms with van der Waals surface area (Å²) in [6.07, 6.45) is 0. The first kappa shape index (κ1) is 20.6. The van der Waals surface area contributed by atoms with Crippen molar-refractivity contribution in [3.63, 3.8) is 0 Å². The van der Waals surface area contributed by atoms with Crippen LogP contribution in [-0.2, 0) is 6.54 Å². The smallest absolute Gasteiger partial charge is 0.278 e. The number of aryl methyl sites for hydroxylation is 1. The number of nitrogens with one attached hydrogen (secondary N) is 1. The molecule has 156 valence electrons. The molecule has 1 N–H and O–H groups in total. The predicted molar refractivity (Wildman–Crippen MR) is 118 cm³/mol. The van der Waals surface area contributed by atoms with Crippen molar-refractivity contribution in [2.24, 2.45) is 0 Å². The molecule has 1 aromatic heterocycles. The van der Waals surface area contributed by atoms with E-state index in [0.717, 1.165) is 30.9 Å². The molecule has 1 aliphatic heterocycles. The largest absolute Gasteiger partial charge is 0.320 e. The Hall–Kier alpha value is -2.71. The van der Waals surface area contributed by atoms with Gasteiger partial charge in [-0.15, -0.1) is 5.10 Å². The molecule has 1 amide bonds. The molecule has 6 nitrogen and oxygen atoms in total. The van der Waals surface area contributed by atoms with Crippen molar-refractivity contribution in [3.8, 4) is 5.69 Å². The highest BCUT2D eigenvalue weighted by Gasteiger charge is 2.18. The second-order valence-corrected chi connectivity index (χ2v) is 8.63. The van der Waals surface area contributed by atoms with E-state index in [-0.39, 0.29) is 17.4 Å². The van der Waals surface area contributed by atoms with Gasteiger partial charge in [0.1, 0.15) is 5.82 Å². The number of thioether (sulfide) groups is 1. The van der Waals surface area contributed by atoms with E-state index in [0.29, 0.717) is 11.4 Å². The highest BCUT2D eigenvalue weighted by atomic mass is 32.2. The van der Waals surface area contributed by atoms with Crippen LogP contribution >= 0.6 is 11.8 Å². The van der Waals surface area contributed by atoms with Crippen LogP contribution < -0.4 is 5.32 Å². The molecule has 0 atom stereocenters. The molecule has 0 saturated carbocycles. The summed E-state index contributed by atoms with van der Waals surface area (Å²) < 4.78 is 14.7. The van der Waals surface area contributed by atoms with E-state index in [1.165, 1.54) is 33.9 Å². The van der Waals surface area contributed by atoms with Gasteiger partial charge in [0.05, 0.1) is 11.4 Å². The number of benzene rings is 2. The van der Waals surface area contributed by atoms with Crippen LogP contribution in [0.25, 0.3) is 5.69 Å². The van der Waals surface area contributed by atoms with Crippen molar-refractivity contribution in [2.45, 2.75) is 20.4 Å². The van der Waals surface area contributed by atoms with Gasteiger partial charge in [0.2, 0.25) is 0 Å². The van der Waals surface area contributed by atoms with Gasteiger partial charge in [-0.2, -0.15) is 11.8 Å². The van der Waals surface area contributed by atoms with Gasteiger partial charge in [0.25, 0.3) is 5.91 Å². The number of hydrogen-bond donors (Lipinski definition) is 1. The Morgan fingerprint density at radius 3 is 2.57 bits per heavy atom. The summed E-state index contributed by atoms with van der Waals surface area (Å²) in [7, 11) is 0. The first-order valence-electron chi connectivity index (χ1n) is 9.90. The highest BCUT2D eigenvalue weighted by molar-refractivity contribution is 7.99. The van der Waals surface area contributed by atoms with Crippen LogP contribution in [0.4, 0.5) is 10.1 Å². The minimum atomic E-state index is -0.326. The maximum atomic E-state index is 13.2. The molecule has 0 unspecified atom stereocenters. The fraction of sp³-hybridized carbons (Fsp3) is 0.318. The number of carbonyl (C=O) groups excluding carboxylic acids is 1. The van der Waals surface area contributed by atoms with Gasteiger partial charge in [-0.25, -0.2) is 9.07 Å². The Morgan fingerprint density at radius 1 is 1.13 bits per heavy atom. The van der Waals surface area contributed by atoms with Crippen LogP contribution in [0.2, 0.25) is 0 Å². The Bertz CT molecular complexity index is 1040. The van der Waals surface area contributed by atoms with Crippen molar-refractivity contribution >= 4 is 23.4 Å². The molecule has 2 heterocycles. The normalized spacial score (nSPS) is 14.6. The molecule has 30 heavy (non-hydrogen) atoms. The second kappa shape index (κ2) is 8.97. The zero-order valence-electron chi connectivity index (χ0n) is 17.1. The van der Waals surface area contributed by atoms with E-state index in [2.05, 4.69) is 32.7 Å². The molecule has 0 bridgehead atoms. The van der Waals surface area contributed by atoms with E-state index >= 15 is 0 Å². The Balaban J connectivity index is 1.46. The molecular formula is C22H24FN5OS. The van der Waals surface area contributed by atoms with Crippen LogP contribution in [0, 0.1) is 19.7 Å². The van der Waals surface area contributed by atoms with Crippen LogP contribution in [0.15, 0.2) is 42.5 Å². The predicted octanol–water partition coefficient (Wildman–Crippen LogP) is 3.82. The van der Waals surface area contributed by atoms with Crippen molar-refractivity contribution in [2.75, 3.05) is 29.9 Å². The minimum Gasteiger partial charge on any atom is -0.320 e. The number of halogens is 1. The fourth-order valence-corrected chi connectivity index (χ4v) is 4.51. The highest BCUT2D eigenvalue weighted by Crippen LogP contribution is 2.21. The Kier molecular flexibility index (Phi) is 6.15. The summed E-state index contributed by atoms with van der Waals surface area (Å²) in [5.41, 5.74) is 4.50. The summed E-state index contributed by atoms with van der Waals surface area (Å²) >= 11 is 2.00. The van der Waals surface area contributed by atoms with Crippen LogP contribution in [0.5, 0.6) is 0 Å². The third-order valence-electron chi connectivity index (χ3n) is 5.23. The maximum absolute atomic E-state index is 13.2. The SMILES string of the molecule is Cc1cc(CN2CCSCC2)ccc1NC(=O)c1nnn(-c2ccc(F)cc2)c1C. The third kappa shape index (κ3) is 4.55. The molecular weight excluding hydrogens is 401 g/mol. The van der Waals surface area contributed by atoms with E-state index in [9.17, 15) is 9.18 Å². The number of hydrogen-bond acceptors (Lipinski definition) is 5. The molecule has 1 fully saturated rings. The monoisotopic (exact) mass is 425 g/mol. The average Bonchev–Trinajstić information content (AvgIpc) is 3.13. The average molecular weight is 426 g/mol. The lowest BCUT2D eigenvalue weighted by atomic mass is 10.1. The number of nitrogens with zero attached hydrogens (tertiary/aromatic N) is 4. The molecule has 1 saturated heterocycles. The van der Waals surface area contributed by atoms with E-state index in [1.807, 2.05) is 24.8 Å². The van der Waals surface area contributed by atoms with E-state index < -0.39 is 0 Å². The zero-order chi connectivity index (χ0) is 21.1. The Labute approximate surface area is 179 Å². The lowest BCUT2D eigenvalue weighted by Gasteiger charge is -2.26. The van der Waals surface area contributed by atoms with Crippen LogP contribution in [0.3, 0.4) is 0 Å². The minimum absolute atomic E-state index is 0.244. The van der Waals surface area contributed by atoms with Gasteiger partial charge in [-0.05, 0) is 55.3 Å². The molecule has 8 heteroatoms. The lowest BCUT2D eigenvalue weighted by Crippen LogP contribution is -2.31. The number of carbonyl (C=O) groups is 1. The van der Waals surface area contributed by atoms with Gasteiger partial charge < -0.3 is 5.32 Å². The van der Waals surface area contributed by atoms with Gasteiger partial charge in [0, 0.05) is 36.8 Å². The summed E-state index contributed by atoms with van der Waals surface area (Å²) in [5.74, 6) is 1.73. The van der Waals surface area contributed by atoms with E-state index in [4.69, 9.17) is 0 Å². The first-order valence-corrected chi connectivity index (χ1v) is 11.1. The van der Waals surface area contributed by atoms with Crippen molar-refractivity contribution in [1.82, 2.24) is 19.9 Å². The maximum Gasteiger partial charge on any atom is 0.278 e. The molecule has 0 spiro atoms. The lowest BCUT2D eigenvalue weighted by molar-refractivity contribution is 0.102. The van der Waals surface area contributed by atoms with Gasteiger partial charge >= 0.3 is 0 Å². The number of anilines is 1. The number of rotatable bonds is 5. The molecule has 1 aliphatic rings. The van der Waals surface area contributed by atoms with Gasteiger partial charge in [-0.3, -0.25) is 9.69 Å². The standard InChI is InChI=1S/C22H24FN5OS/c1-15-13-17(14-27-9-11-30-12-10-27)3-8-20(15)24-22(29)21-16(2)28(26-25-21)19-6-4-18(23)5-7-19/h3-8,13H,9-12,14H2,1-2H3,(H,24,29). The number of aromatic nitrogens is 3. The van der Waals surface area contributed by atoms with E-state index in [1.54, 1.807) is 19.1 Å². The topological polar surface area (TPSA) is 63.1 Å². The molecule has 2 aromatic carbocycles. The van der Waals surface area contributed by atoms with Crippen LogP contribution in [0.1, 0.15) is 27.3 Å². The fourth-order valence-electron chi connectivity index (χ4n) is 3.53. The quantitative estimate of drug-likeness (QED) is 0.673. The Morgan fingerprint density at radius 2 is 1.87 bits per heavy atom. The van der Waals surface area contributed by atoms with Crippen molar-refractivity contribution < 1.29 is 9.18 Å². The second-order valence-electron chi connectivity index (χ2n) is 7.40. The summed E-state index contributed by atoms with van der Waals surface area (Å²) in [4.78, 5) is 15.2. The molecule has 0 radical (unpaired) electrons. The van der Waals surface area contributed by atoms with Crippen molar-refractivity contribution in [3.05, 3.63) is 70.8 Å². The first-order chi connectivity index (χ1) is 14.5. The molecule has 0 aliphatic carbocycles. The summed E-state index contributed by atoms with van der Waals surface area (Å²) in [5, 5.41) is 11.0. The third-order valence-corrected chi connectivity index (χ3v) is 6.17. The van der Waals surface area contributed by atoms with Gasteiger partial charge in [-0.1, -0.05) is 17.3 Å². The van der Waals surface area contributed by atoms with Crippen LogP contribution in [-0.4, -0.2) is 50.4 Å². The number of amides is 1. The summed E-state index contributed by atoms with van der Waals surface area (Å²) in [6.45, 7) is 6.93. The molecule has 4 rings (SSSR count). The summed E-state index contributed by atoms with van der Waals surface area (Å²) in [6, 6.07) is 12.0. The van der Waals surface area contributed by atoms with Crippen molar-refractivity contribution in [1.29, 1.82) is 0 Å². The zero-order valence-corrected chi connectivity index (χ0v) is 17.9. The van der Waals surface area contributed by atoms with Gasteiger partial charge in [0.15, 0.2) is 5.69 Å².